The van der Waals surface area contributed by atoms with Crippen LogP contribution < -0.4 is 14.4 Å². The molecular weight excluding hydrogens is 442 g/mol. The first kappa shape index (κ1) is 24.1. The Labute approximate surface area is 205 Å². The molecule has 1 saturated heterocycles. The van der Waals surface area contributed by atoms with Gasteiger partial charge in [0.05, 0.1) is 24.8 Å². The number of rotatable bonds is 8. The van der Waals surface area contributed by atoms with Gasteiger partial charge in [0.15, 0.2) is 0 Å². The summed E-state index contributed by atoms with van der Waals surface area (Å²) in [4.78, 5) is 28.0. The van der Waals surface area contributed by atoms with E-state index in [0.717, 1.165) is 0 Å². The predicted molar refractivity (Wildman–Crippen MR) is 136 cm³/mol. The van der Waals surface area contributed by atoms with Crippen LogP contribution in [0.15, 0.2) is 84.4 Å². The molecule has 1 aliphatic rings. The summed E-state index contributed by atoms with van der Waals surface area (Å²) in [5, 5.41) is 11.3. The van der Waals surface area contributed by atoms with Crippen LogP contribution in [0.1, 0.15) is 37.9 Å². The van der Waals surface area contributed by atoms with Crippen molar-refractivity contribution in [3.05, 3.63) is 95.6 Å². The lowest BCUT2D eigenvalue weighted by atomic mass is 9.95. The normalized spacial score (nSPS) is 17.1. The van der Waals surface area contributed by atoms with Crippen LogP contribution in [0.4, 0.5) is 5.69 Å². The van der Waals surface area contributed by atoms with Crippen LogP contribution in [0.2, 0.25) is 0 Å². The van der Waals surface area contributed by atoms with E-state index in [1.807, 2.05) is 51.1 Å². The molecule has 1 N–H and O–H groups in total. The molecule has 0 saturated carbocycles. The van der Waals surface area contributed by atoms with E-state index >= 15 is 0 Å². The van der Waals surface area contributed by atoms with E-state index in [9.17, 15) is 14.7 Å². The largest absolute Gasteiger partial charge is 0.507 e. The molecule has 3 aromatic carbocycles. The average molecular weight is 472 g/mol. The second-order valence-electron chi connectivity index (χ2n) is 8.74. The minimum Gasteiger partial charge on any atom is -0.507 e. The van der Waals surface area contributed by atoms with Gasteiger partial charge in [0.2, 0.25) is 0 Å². The molecule has 180 valence electrons. The number of aliphatic hydroxyl groups is 1. The summed E-state index contributed by atoms with van der Waals surface area (Å²) in [7, 11) is 0. The third-order valence-electron chi connectivity index (χ3n) is 5.68. The lowest BCUT2D eigenvalue weighted by molar-refractivity contribution is -0.132. The number of aliphatic hydroxyl groups excluding tert-OH is 1. The van der Waals surface area contributed by atoms with Gasteiger partial charge in [0.25, 0.3) is 11.7 Å². The van der Waals surface area contributed by atoms with E-state index in [0.29, 0.717) is 47.4 Å². The van der Waals surface area contributed by atoms with Crippen LogP contribution >= 0.6 is 0 Å². The maximum absolute atomic E-state index is 13.3. The zero-order chi connectivity index (χ0) is 24.9. The Morgan fingerprint density at radius 1 is 0.914 bits per heavy atom. The van der Waals surface area contributed by atoms with Gasteiger partial charge in [0.1, 0.15) is 17.3 Å². The van der Waals surface area contributed by atoms with Crippen LogP contribution in [0, 0.1) is 5.92 Å². The van der Waals surface area contributed by atoms with Gasteiger partial charge in [-0.05, 0) is 54.8 Å². The molecule has 1 aliphatic heterocycles. The Balaban J connectivity index is 1.81. The molecule has 0 spiro atoms. The van der Waals surface area contributed by atoms with Crippen molar-refractivity contribution in [1.82, 2.24) is 0 Å². The molecule has 1 heterocycles. The summed E-state index contributed by atoms with van der Waals surface area (Å²) in [5.74, 6) is -0.0806. The molecule has 3 aromatic rings. The maximum atomic E-state index is 13.3. The highest BCUT2D eigenvalue weighted by atomic mass is 16.5. The molecule has 6 nitrogen and oxygen atoms in total. The fraction of sp³-hybridized carbons (Fsp3) is 0.241. The summed E-state index contributed by atoms with van der Waals surface area (Å²) >= 11 is 0. The lowest BCUT2D eigenvalue weighted by Gasteiger charge is -2.25. The molecule has 0 radical (unpaired) electrons. The molecule has 1 unspecified atom stereocenters. The minimum absolute atomic E-state index is 0.0381. The van der Waals surface area contributed by atoms with Gasteiger partial charge in [-0.2, -0.15) is 0 Å². The Hall–Kier alpha value is -4.06. The molecular formula is C29H29NO5. The van der Waals surface area contributed by atoms with E-state index in [-0.39, 0.29) is 11.3 Å². The zero-order valence-corrected chi connectivity index (χ0v) is 20.1. The Bertz CT molecular complexity index is 1230. The average Bonchev–Trinajstić information content (AvgIpc) is 3.14. The van der Waals surface area contributed by atoms with E-state index in [2.05, 4.69) is 0 Å². The van der Waals surface area contributed by atoms with E-state index in [4.69, 9.17) is 9.47 Å². The number of ketones is 1. The van der Waals surface area contributed by atoms with Crippen molar-refractivity contribution in [1.29, 1.82) is 0 Å². The van der Waals surface area contributed by atoms with Crippen molar-refractivity contribution in [2.24, 2.45) is 5.92 Å². The van der Waals surface area contributed by atoms with Gasteiger partial charge in [0, 0.05) is 11.3 Å². The maximum Gasteiger partial charge on any atom is 0.300 e. The fourth-order valence-electron chi connectivity index (χ4n) is 4.07. The van der Waals surface area contributed by atoms with Crippen molar-refractivity contribution >= 4 is 23.1 Å². The van der Waals surface area contributed by atoms with Crippen LogP contribution in [-0.4, -0.2) is 30.0 Å². The topological polar surface area (TPSA) is 76.1 Å². The third kappa shape index (κ3) is 5.06. The summed E-state index contributed by atoms with van der Waals surface area (Å²) in [6, 6.07) is 22.4. The number of hydrogen-bond donors (Lipinski definition) is 1. The number of carbonyl (C=O) groups is 2. The van der Waals surface area contributed by atoms with E-state index < -0.39 is 17.7 Å². The standard InChI is InChI=1S/C29H29NO5/c1-4-34-23-15-13-22(14-16-23)30-26(20-9-6-5-7-10-20)25(28(32)29(30)33)27(31)21-11-8-12-24(17-21)35-18-19(2)3/h5-17,19,26,31H,4,18H2,1-3H3/b27-25-. The highest BCUT2D eigenvalue weighted by Crippen LogP contribution is 2.42. The number of anilines is 1. The molecule has 1 amide bonds. The Morgan fingerprint density at radius 2 is 1.63 bits per heavy atom. The molecule has 0 aliphatic carbocycles. The smallest absolute Gasteiger partial charge is 0.300 e. The monoisotopic (exact) mass is 471 g/mol. The number of nitrogens with zero attached hydrogens (tertiary/aromatic N) is 1. The van der Waals surface area contributed by atoms with E-state index in [1.54, 1.807) is 48.5 Å². The van der Waals surface area contributed by atoms with Crippen LogP contribution in [0.25, 0.3) is 5.76 Å². The second-order valence-corrected chi connectivity index (χ2v) is 8.74. The number of hydrogen-bond acceptors (Lipinski definition) is 5. The predicted octanol–water partition coefficient (Wildman–Crippen LogP) is 5.75. The van der Waals surface area contributed by atoms with Gasteiger partial charge in [-0.3, -0.25) is 14.5 Å². The molecule has 0 aromatic heterocycles. The first-order valence-electron chi connectivity index (χ1n) is 11.7. The number of amides is 1. The molecule has 35 heavy (non-hydrogen) atoms. The van der Waals surface area contributed by atoms with Crippen LogP contribution in [0.5, 0.6) is 11.5 Å². The van der Waals surface area contributed by atoms with Crippen LogP contribution in [0.3, 0.4) is 0 Å². The van der Waals surface area contributed by atoms with Gasteiger partial charge in [-0.15, -0.1) is 0 Å². The molecule has 4 rings (SSSR count). The highest BCUT2D eigenvalue weighted by Gasteiger charge is 2.46. The number of ether oxygens (including phenoxy) is 2. The SMILES string of the molecule is CCOc1ccc(N2C(=O)C(=O)/C(=C(\O)c3cccc(OCC(C)C)c3)C2c2ccccc2)cc1. The minimum atomic E-state index is -0.783. The molecule has 6 heteroatoms. The Kier molecular flexibility index (Phi) is 7.20. The summed E-state index contributed by atoms with van der Waals surface area (Å²) < 4.78 is 11.3. The van der Waals surface area contributed by atoms with Crippen LogP contribution in [-0.2, 0) is 9.59 Å². The second kappa shape index (κ2) is 10.5. The van der Waals surface area contributed by atoms with Gasteiger partial charge < -0.3 is 14.6 Å². The zero-order valence-electron chi connectivity index (χ0n) is 20.1. The van der Waals surface area contributed by atoms with Gasteiger partial charge >= 0.3 is 0 Å². The number of benzene rings is 3. The molecule has 1 fully saturated rings. The van der Waals surface area contributed by atoms with Gasteiger partial charge in [-0.25, -0.2) is 0 Å². The van der Waals surface area contributed by atoms with Crippen molar-refractivity contribution in [2.75, 3.05) is 18.1 Å². The first-order valence-corrected chi connectivity index (χ1v) is 11.7. The summed E-state index contributed by atoms with van der Waals surface area (Å²) in [6.07, 6.45) is 0. The van der Waals surface area contributed by atoms with Gasteiger partial charge in [-0.1, -0.05) is 56.3 Å². The van der Waals surface area contributed by atoms with Crippen molar-refractivity contribution in [3.8, 4) is 11.5 Å². The number of Topliss-reactive ketones (excluding diaryl/α,β-unsaturated/α-hetero) is 1. The van der Waals surface area contributed by atoms with Crippen molar-refractivity contribution in [2.45, 2.75) is 26.8 Å². The molecule has 1 atom stereocenters. The highest BCUT2D eigenvalue weighted by molar-refractivity contribution is 6.51. The lowest BCUT2D eigenvalue weighted by Crippen LogP contribution is -2.29. The third-order valence-corrected chi connectivity index (χ3v) is 5.68. The Morgan fingerprint density at radius 3 is 2.29 bits per heavy atom. The van der Waals surface area contributed by atoms with Crippen molar-refractivity contribution in [3.63, 3.8) is 0 Å². The summed E-state index contributed by atoms with van der Waals surface area (Å²) in [6.45, 7) is 7.03. The summed E-state index contributed by atoms with van der Waals surface area (Å²) in [5.41, 5.74) is 1.71. The quantitative estimate of drug-likeness (QED) is 0.257. The fourth-order valence-corrected chi connectivity index (χ4v) is 4.07. The van der Waals surface area contributed by atoms with Crippen molar-refractivity contribution < 1.29 is 24.2 Å². The molecule has 0 bridgehead atoms. The number of carbonyl (C=O) groups excluding carboxylic acids is 2. The first-order chi connectivity index (χ1) is 16.9. The van der Waals surface area contributed by atoms with E-state index in [1.165, 1.54) is 4.90 Å².